The van der Waals surface area contributed by atoms with Crippen molar-refractivity contribution in [3.63, 3.8) is 0 Å². The molecule has 1 aromatic heterocycles. The van der Waals surface area contributed by atoms with Crippen LogP contribution in [0.3, 0.4) is 0 Å². The van der Waals surface area contributed by atoms with Gasteiger partial charge in [-0.15, -0.1) is 20.4 Å². The molecule has 0 radical (unpaired) electrons. The van der Waals surface area contributed by atoms with Gasteiger partial charge in [-0.2, -0.15) is 0 Å². The molecule has 0 saturated carbocycles. The van der Waals surface area contributed by atoms with Crippen molar-refractivity contribution in [3.05, 3.63) is 30.6 Å². The van der Waals surface area contributed by atoms with Crippen molar-refractivity contribution < 1.29 is 0 Å². The zero-order valence-electron chi connectivity index (χ0n) is 8.38. The quantitative estimate of drug-likeness (QED) is 0.812. The summed E-state index contributed by atoms with van der Waals surface area (Å²) in [6, 6.07) is 7.84. The lowest BCUT2D eigenvalue weighted by Crippen LogP contribution is -1.97. The van der Waals surface area contributed by atoms with Crippen molar-refractivity contribution in [2.75, 3.05) is 11.9 Å². The van der Waals surface area contributed by atoms with Gasteiger partial charge in [0.05, 0.1) is 0 Å². The molecule has 15 heavy (non-hydrogen) atoms. The van der Waals surface area contributed by atoms with Gasteiger partial charge in [0, 0.05) is 17.8 Å². The number of hydrogen-bond acceptors (Lipinski definition) is 5. The topological polar surface area (TPSA) is 63.6 Å². The van der Waals surface area contributed by atoms with Crippen LogP contribution in [0.4, 0.5) is 5.69 Å². The molecule has 2 aromatic rings. The summed E-state index contributed by atoms with van der Waals surface area (Å²) in [5.41, 5.74) is 2.00. The summed E-state index contributed by atoms with van der Waals surface area (Å²) in [5.74, 6) is 0.542. The lowest BCUT2D eigenvalue weighted by molar-refractivity contribution is 0.864. The Morgan fingerprint density at radius 1 is 1.07 bits per heavy atom. The number of anilines is 1. The summed E-state index contributed by atoms with van der Waals surface area (Å²) in [6.45, 7) is 2.96. The SMILES string of the molecule is CCNc1ccc(-c2nncnn2)cc1. The first-order chi connectivity index (χ1) is 7.40. The molecule has 0 spiro atoms. The van der Waals surface area contributed by atoms with E-state index in [2.05, 4.69) is 32.6 Å². The highest BCUT2D eigenvalue weighted by atomic mass is 15.3. The summed E-state index contributed by atoms with van der Waals surface area (Å²) < 4.78 is 0. The van der Waals surface area contributed by atoms with Crippen LogP contribution in [0, 0.1) is 0 Å². The number of nitrogens with one attached hydrogen (secondary N) is 1. The molecule has 1 heterocycles. The van der Waals surface area contributed by atoms with Gasteiger partial charge in [0.15, 0.2) is 6.33 Å². The fourth-order valence-electron chi connectivity index (χ4n) is 1.26. The zero-order valence-corrected chi connectivity index (χ0v) is 8.38. The summed E-state index contributed by atoms with van der Waals surface area (Å²) in [7, 11) is 0. The van der Waals surface area contributed by atoms with Crippen LogP contribution < -0.4 is 5.32 Å². The van der Waals surface area contributed by atoms with Gasteiger partial charge in [0.1, 0.15) is 0 Å². The normalized spacial score (nSPS) is 9.93. The molecule has 0 bridgehead atoms. The van der Waals surface area contributed by atoms with Crippen molar-refractivity contribution >= 4 is 5.69 Å². The van der Waals surface area contributed by atoms with Crippen LogP contribution in [-0.2, 0) is 0 Å². The summed E-state index contributed by atoms with van der Waals surface area (Å²) in [5, 5.41) is 18.3. The van der Waals surface area contributed by atoms with Crippen LogP contribution in [0.1, 0.15) is 6.92 Å². The first-order valence-corrected chi connectivity index (χ1v) is 4.75. The molecule has 0 amide bonds. The van der Waals surface area contributed by atoms with E-state index in [0.29, 0.717) is 5.82 Å². The van der Waals surface area contributed by atoms with Gasteiger partial charge in [-0.1, -0.05) is 0 Å². The van der Waals surface area contributed by atoms with Gasteiger partial charge < -0.3 is 5.32 Å². The molecule has 0 fully saturated rings. The Hall–Kier alpha value is -2.04. The fourth-order valence-corrected chi connectivity index (χ4v) is 1.26. The van der Waals surface area contributed by atoms with Gasteiger partial charge >= 0.3 is 0 Å². The van der Waals surface area contributed by atoms with Crippen LogP contribution in [0.5, 0.6) is 0 Å². The predicted molar refractivity (Wildman–Crippen MR) is 57.2 cm³/mol. The molecule has 5 heteroatoms. The van der Waals surface area contributed by atoms with E-state index < -0.39 is 0 Å². The van der Waals surface area contributed by atoms with Crippen molar-refractivity contribution in [1.29, 1.82) is 0 Å². The summed E-state index contributed by atoms with van der Waals surface area (Å²) in [6.07, 6.45) is 1.32. The first-order valence-electron chi connectivity index (χ1n) is 4.75. The third-order valence-electron chi connectivity index (χ3n) is 1.93. The lowest BCUT2D eigenvalue weighted by Gasteiger charge is -2.03. The van der Waals surface area contributed by atoms with E-state index >= 15 is 0 Å². The highest BCUT2D eigenvalue weighted by molar-refractivity contribution is 5.58. The molecule has 1 N–H and O–H groups in total. The van der Waals surface area contributed by atoms with E-state index in [1.807, 2.05) is 24.3 Å². The fraction of sp³-hybridized carbons (Fsp3) is 0.200. The molecule has 76 valence electrons. The Balaban J connectivity index is 2.24. The Bertz CT molecular complexity index is 412. The molecular formula is C10H11N5. The number of rotatable bonds is 3. The van der Waals surface area contributed by atoms with Gasteiger partial charge in [-0.3, -0.25) is 0 Å². The number of hydrogen-bond donors (Lipinski definition) is 1. The largest absolute Gasteiger partial charge is 0.385 e. The van der Waals surface area contributed by atoms with Crippen molar-refractivity contribution in [2.24, 2.45) is 0 Å². The highest BCUT2D eigenvalue weighted by Gasteiger charge is 2.00. The Morgan fingerprint density at radius 2 is 1.73 bits per heavy atom. The second-order valence-electron chi connectivity index (χ2n) is 2.98. The Labute approximate surface area is 87.6 Å². The minimum atomic E-state index is 0.542. The third-order valence-corrected chi connectivity index (χ3v) is 1.93. The number of aromatic nitrogens is 4. The average molecular weight is 201 g/mol. The zero-order chi connectivity index (χ0) is 10.5. The van der Waals surface area contributed by atoms with Crippen molar-refractivity contribution in [1.82, 2.24) is 20.4 Å². The van der Waals surface area contributed by atoms with E-state index in [4.69, 9.17) is 0 Å². The van der Waals surface area contributed by atoms with Gasteiger partial charge in [0.25, 0.3) is 0 Å². The molecule has 0 saturated heterocycles. The Morgan fingerprint density at radius 3 is 2.33 bits per heavy atom. The van der Waals surface area contributed by atoms with Crippen LogP contribution in [0.25, 0.3) is 11.4 Å². The smallest absolute Gasteiger partial charge is 0.203 e. The first kappa shape index (κ1) is 9.51. The van der Waals surface area contributed by atoms with Crippen LogP contribution in [0.2, 0.25) is 0 Å². The third kappa shape index (κ3) is 2.25. The maximum Gasteiger partial charge on any atom is 0.203 e. The number of nitrogens with zero attached hydrogens (tertiary/aromatic N) is 4. The minimum absolute atomic E-state index is 0.542. The second kappa shape index (κ2) is 4.45. The van der Waals surface area contributed by atoms with E-state index in [0.717, 1.165) is 17.8 Å². The molecule has 1 aromatic carbocycles. The maximum absolute atomic E-state index is 3.88. The van der Waals surface area contributed by atoms with E-state index in [1.54, 1.807) is 0 Å². The summed E-state index contributed by atoms with van der Waals surface area (Å²) >= 11 is 0. The van der Waals surface area contributed by atoms with Crippen molar-refractivity contribution in [2.45, 2.75) is 6.92 Å². The van der Waals surface area contributed by atoms with E-state index in [-0.39, 0.29) is 0 Å². The highest BCUT2D eigenvalue weighted by Crippen LogP contribution is 2.16. The Kier molecular flexibility index (Phi) is 2.82. The molecule has 0 unspecified atom stereocenters. The van der Waals surface area contributed by atoms with Crippen LogP contribution in [0.15, 0.2) is 30.6 Å². The maximum atomic E-state index is 3.88. The molecule has 0 atom stereocenters. The molecular weight excluding hydrogens is 190 g/mol. The van der Waals surface area contributed by atoms with E-state index in [1.165, 1.54) is 6.33 Å². The monoisotopic (exact) mass is 201 g/mol. The molecule has 2 rings (SSSR count). The molecule has 0 aliphatic carbocycles. The molecule has 5 nitrogen and oxygen atoms in total. The predicted octanol–water partition coefficient (Wildman–Crippen LogP) is 1.37. The molecule has 0 aliphatic rings. The van der Waals surface area contributed by atoms with Gasteiger partial charge in [-0.05, 0) is 31.2 Å². The second-order valence-corrected chi connectivity index (χ2v) is 2.98. The standard InChI is InChI=1S/C10H11N5/c1-2-11-9-5-3-8(4-6-9)10-14-12-7-13-15-10/h3-7,11H,2H2,1H3. The lowest BCUT2D eigenvalue weighted by atomic mass is 10.2. The van der Waals surface area contributed by atoms with Crippen LogP contribution in [-0.4, -0.2) is 26.9 Å². The summed E-state index contributed by atoms with van der Waals surface area (Å²) in [4.78, 5) is 0. The van der Waals surface area contributed by atoms with E-state index in [9.17, 15) is 0 Å². The van der Waals surface area contributed by atoms with Gasteiger partial charge in [-0.25, -0.2) is 0 Å². The van der Waals surface area contributed by atoms with Crippen molar-refractivity contribution in [3.8, 4) is 11.4 Å². The van der Waals surface area contributed by atoms with Crippen LogP contribution >= 0.6 is 0 Å². The number of benzene rings is 1. The molecule has 0 aliphatic heterocycles. The average Bonchev–Trinajstić information content (AvgIpc) is 2.32. The van der Waals surface area contributed by atoms with Gasteiger partial charge in [0.2, 0.25) is 5.82 Å². The minimum Gasteiger partial charge on any atom is -0.385 e.